The Labute approximate surface area is 136 Å². The van der Waals surface area contributed by atoms with Gasteiger partial charge in [0.1, 0.15) is 16.8 Å². The molecule has 5 heteroatoms. The van der Waals surface area contributed by atoms with E-state index in [0.717, 1.165) is 43.3 Å². The van der Waals surface area contributed by atoms with Crippen molar-refractivity contribution in [1.29, 1.82) is 0 Å². The minimum atomic E-state index is 0.563. The van der Waals surface area contributed by atoms with Gasteiger partial charge in [0.2, 0.25) is 0 Å². The molecule has 3 rings (SSSR count). The summed E-state index contributed by atoms with van der Waals surface area (Å²) in [4.78, 5) is 13.7. The van der Waals surface area contributed by atoms with E-state index in [1.54, 1.807) is 0 Å². The van der Waals surface area contributed by atoms with Crippen LogP contribution in [0.2, 0.25) is 5.15 Å². The van der Waals surface area contributed by atoms with Crippen molar-refractivity contribution < 1.29 is 0 Å². The van der Waals surface area contributed by atoms with E-state index in [4.69, 9.17) is 16.6 Å². The minimum Gasteiger partial charge on any atom is -0.373 e. The molecule has 0 fully saturated rings. The highest BCUT2D eigenvalue weighted by Crippen LogP contribution is 2.29. The number of para-hydroxylation sites is 1. The largest absolute Gasteiger partial charge is 0.373 e. The summed E-state index contributed by atoms with van der Waals surface area (Å²) in [7, 11) is 2.14. The van der Waals surface area contributed by atoms with E-state index in [-0.39, 0.29) is 0 Å². The lowest BCUT2D eigenvalue weighted by molar-refractivity contribution is 0.768. The molecule has 0 unspecified atom stereocenters. The zero-order valence-electron chi connectivity index (χ0n) is 13.3. The first kappa shape index (κ1) is 15.1. The zero-order valence-corrected chi connectivity index (χ0v) is 14.1. The van der Waals surface area contributed by atoms with E-state index >= 15 is 0 Å². The number of rotatable bonds is 2. The summed E-state index contributed by atoms with van der Waals surface area (Å²) in [6.07, 6.45) is 0.789. The van der Waals surface area contributed by atoms with Gasteiger partial charge in [-0.1, -0.05) is 36.7 Å². The Morgan fingerprint density at radius 2 is 1.95 bits per heavy atom. The maximum absolute atomic E-state index is 6.30. The summed E-state index contributed by atoms with van der Waals surface area (Å²) >= 11 is 6.30. The smallest absolute Gasteiger partial charge is 0.137 e. The van der Waals surface area contributed by atoms with E-state index in [9.17, 15) is 0 Å². The lowest BCUT2D eigenvalue weighted by Gasteiger charge is -2.24. The highest BCUT2D eigenvalue weighted by molar-refractivity contribution is 6.30. The van der Waals surface area contributed by atoms with E-state index in [1.165, 1.54) is 11.3 Å². The number of likely N-dealkylation sites (N-methyl/N-ethyl adjacent to an activating group) is 1. The van der Waals surface area contributed by atoms with Crippen molar-refractivity contribution in [3.63, 3.8) is 0 Å². The van der Waals surface area contributed by atoms with E-state index < -0.39 is 0 Å². The Kier molecular flexibility index (Phi) is 4.21. The van der Waals surface area contributed by atoms with Gasteiger partial charge in [-0.3, -0.25) is 0 Å². The van der Waals surface area contributed by atoms with Gasteiger partial charge in [0, 0.05) is 44.4 Å². The van der Waals surface area contributed by atoms with Gasteiger partial charge in [-0.05, 0) is 18.6 Å². The molecule has 0 N–H and O–H groups in total. The zero-order chi connectivity index (χ0) is 15.7. The van der Waals surface area contributed by atoms with Crippen LogP contribution in [-0.4, -0.2) is 30.1 Å². The predicted molar refractivity (Wildman–Crippen MR) is 91.9 cm³/mol. The van der Waals surface area contributed by atoms with Crippen molar-refractivity contribution in [2.45, 2.75) is 26.8 Å². The van der Waals surface area contributed by atoms with Crippen LogP contribution in [0.5, 0.6) is 0 Å². The molecule has 0 saturated carbocycles. The van der Waals surface area contributed by atoms with Crippen LogP contribution in [0.1, 0.15) is 23.9 Å². The number of fused-ring (bicyclic) bond motifs is 1. The summed E-state index contributed by atoms with van der Waals surface area (Å²) in [6.45, 7) is 6.77. The van der Waals surface area contributed by atoms with Crippen LogP contribution < -0.4 is 9.80 Å². The Balaban J connectivity index is 2.02. The van der Waals surface area contributed by atoms with Crippen LogP contribution in [0.15, 0.2) is 24.3 Å². The molecule has 22 heavy (non-hydrogen) atoms. The fourth-order valence-electron chi connectivity index (χ4n) is 2.86. The first-order chi connectivity index (χ1) is 10.6. The van der Waals surface area contributed by atoms with Crippen LogP contribution in [0, 0.1) is 6.92 Å². The fraction of sp³-hybridized carbons (Fsp3) is 0.412. The van der Waals surface area contributed by atoms with Crippen molar-refractivity contribution in [3.05, 3.63) is 46.4 Å². The van der Waals surface area contributed by atoms with Gasteiger partial charge < -0.3 is 9.80 Å². The van der Waals surface area contributed by atoms with Crippen molar-refractivity contribution >= 4 is 23.1 Å². The fourth-order valence-corrected chi connectivity index (χ4v) is 3.04. The Morgan fingerprint density at radius 1 is 1.18 bits per heavy atom. The second kappa shape index (κ2) is 6.13. The van der Waals surface area contributed by atoms with Gasteiger partial charge >= 0.3 is 0 Å². The lowest BCUT2D eigenvalue weighted by atomic mass is 10.1. The average molecular weight is 317 g/mol. The molecule has 0 atom stereocenters. The quantitative estimate of drug-likeness (QED) is 0.794. The number of anilines is 2. The number of aromatic nitrogens is 2. The molecule has 0 radical (unpaired) electrons. The number of aryl methyl sites for hydroxylation is 1. The van der Waals surface area contributed by atoms with E-state index in [2.05, 4.69) is 53.0 Å². The summed E-state index contributed by atoms with van der Waals surface area (Å²) in [5, 5.41) is 0.563. The molecule has 2 aromatic rings. The monoisotopic (exact) mass is 316 g/mol. The van der Waals surface area contributed by atoms with Gasteiger partial charge in [-0.15, -0.1) is 0 Å². The molecule has 0 aliphatic carbocycles. The SMILES string of the molecule is CCc1nc(Cl)c(C)c(N2CCN(C)c3ccccc3C2)n1. The standard InChI is InChI=1S/C17H21ClN4/c1-4-15-19-16(18)12(2)17(20-15)22-10-9-21(3)14-8-6-5-7-13(14)11-22/h5-8H,4,9-11H2,1-3H3. The topological polar surface area (TPSA) is 32.3 Å². The van der Waals surface area contributed by atoms with Gasteiger partial charge in [-0.25, -0.2) is 9.97 Å². The molecule has 1 aromatic carbocycles. The second-order valence-corrected chi connectivity index (χ2v) is 6.06. The molecule has 1 aromatic heterocycles. The highest BCUT2D eigenvalue weighted by atomic mass is 35.5. The molecule has 0 saturated heterocycles. The van der Waals surface area contributed by atoms with E-state index in [0.29, 0.717) is 5.15 Å². The number of nitrogens with zero attached hydrogens (tertiary/aromatic N) is 4. The first-order valence-electron chi connectivity index (χ1n) is 7.67. The molecule has 1 aliphatic rings. The van der Waals surface area contributed by atoms with Crippen LogP contribution >= 0.6 is 11.6 Å². The van der Waals surface area contributed by atoms with Gasteiger partial charge in [0.25, 0.3) is 0 Å². The summed E-state index contributed by atoms with van der Waals surface area (Å²) < 4.78 is 0. The molecule has 116 valence electrons. The maximum atomic E-state index is 6.30. The van der Waals surface area contributed by atoms with Gasteiger partial charge in [-0.2, -0.15) is 0 Å². The van der Waals surface area contributed by atoms with Gasteiger partial charge in [0.05, 0.1) is 0 Å². The third kappa shape index (κ3) is 2.75. The van der Waals surface area contributed by atoms with Crippen LogP contribution in [0.4, 0.5) is 11.5 Å². The van der Waals surface area contributed by atoms with Crippen LogP contribution in [0.3, 0.4) is 0 Å². The number of halogens is 1. The average Bonchev–Trinajstić information content (AvgIpc) is 2.70. The van der Waals surface area contributed by atoms with Crippen molar-refractivity contribution in [3.8, 4) is 0 Å². The third-order valence-electron chi connectivity index (χ3n) is 4.19. The molecule has 4 nitrogen and oxygen atoms in total. The summed E-state index contributed by atoms with van der Waals surface area (Å²) in [5.74, 6) is 1.76. The molecule has 0 spiro atoms. The highest BCUT2D eigenvalue weighted by Gasteiger charge is 2.21. The number of hydrogen-bond donors (Lipinski definition) is 0. The predicted octanol–water partition coefficient (Wildman–Crippen LogP) is 3.46. The molecular formula is C17H21ClN4. The Bertz CT molecular complexity index is 686. The molecular weight excluding hydrogens is 296 g/mol. The summed E-state index contributed by atoms with van der Waals surface area (Å²) in [6, 6.07) is 8.54. The summed E-state index contributed by atoms with van der Waals surface area (Å²) in [5.41, 5.74) is 3.56. The Morgan fingerprint density at radius 3 is 2.73 bits per heavy atom. The second-order valence-electron chi connectivity index (χ2n) is 5.70. The number of benzene rings is 1. The molecule has 0 amide bonds. The third-order valence-corrected chi connectivity index (χ3v) is 4.56. The van der Waals surface area contributed by atoms with E-state index in [1.807, 2.05) is 6.92 Å². The van der Waals surface area contributed by atoms with Crippen LogP contribution in [-0.2, 0) is 13.0 Å². The maximum Gasteiger partial charge on any atom is 0.137 e. The molecule has 2 heterocycles. The van der Waals surface area contributed by atoms with Crippen LogP contribution in [0.25, 0.3) is 0 Å². The first-order valence-corrected chi connectivity index (χ1v) is 8.05. The van der Waals surface area contributed by atoms with Gasteiger partial charge in [0.15, 0.2) is 0 Å². The Hall–Kier alpha value is -1.81. The van der Waals surface area contributed by atoms with Crippen molar-refractivity contribution in [2.24, 2.45) is 0 Å². The lowest BCUT2D eigenvalue weighted by Crippen LogP contribution is -2.30. The molecule has 1 aliphatic heterocycles. The number of hydrogen-bond acceptors (Lipinski definition) is 4. The normalized spacial score (nSPS) is 14.7. The van der Waals surface area contributed by atoms with Crippen molar-refractivity contribution in [2.75, 3.05) is 29.9 Å². The molecule has 0 bridgehead atoms. The minimum absolute atomic E-state index is 0.563. The van der Waals surface area contributed by atoms with Crippen molar-refractivity contribution in [1.82, 2.24) is 9.97 Å².